The Morgan fingerprint density at radius 1 is 1.27 bits per heavy atom. The molecule has 1 N–H and O–H groups in total. The topological polar surface area (TPSA) is 50.8 Å². The highest BCUT2D eigenvalue weighted by atomic mass is 35.6. The quantitative estimate of drug-likeness (QED) is 0.831. The molecule has 8 heteroatoms. The number of hydrogen-bond donors (Lipinski definition) is 1. The molecule has 0 aromatic heterocycles. The lowest BCUT2D eigenvalue weighted by atomic mass is 10.2. The third kappa shape index (κ3) is 4.64. The number of hydrogen-bond acceptors (Lipinski definition) is 4. The van der Waals surface area contributed by atoms with Crippen LogP contribution in [0.1, 0.15) is 10.4 Å². The Kier molecular flexibility index (Phi) is 6.17. The zero-order valence-corrected chi connectivity index (χ0v) is 14.3. The van der Waals surface area contributed by atoms with Crippen molar-refractivity contribution in [3.05, 3.63) is 29.8 Å². The predicted molar refractivity (Wildman–Crippen MR) is 86.9 cm³/mol. The lowest BCUT2D eigenvalue weighted by molar-refractivity contribution is 0.00996. The molecule has 0 spiro atoms. The molecule has 122 valence electrons. The van der Waals surface area contributed by atoms with Gasteiger partial charge in [-0.25, -0.2) is 0 Å². The van der Waals surface area contributed by atoms with E-state index in [0.717, 1.165) is 0 Å². The van der Waals surface area contributed by atoms with Gasteiger partial charge in [0.25, 0.3) is 5.91 Å². The Morgan fingerprint density at radius 3 is 2.36 bits per heavy atom. The van der Waals surface area contributed by atoms with Crippen LogP contribution in [0.4, 0.5) is 0 Å². The first-order valence-electron chi connectivity index (χ1n) is 6.75. The fourth-order valence-corrected chi connectivity index (χ4v) is 2.74. The molecule has 0 bridgehead atoms. The van der Waals surface area contributed by atoms with E-state index in [-0.39, 0.29) is 5.91 Å². The van der Waals surface area contributed by atoms with Crippen LogP contribution in [0.2, 0.25) is 0 Å². The number of benzene rings is 1. The van der Waals surface area contributed by atoms with E-state index in [1.165, 1.54) is 0 Å². The van der Waals surface area contributed by atoms with Gasteiger partial charge in [0.2, 0.25) is 3.79 Å². The molecule has 0 unspecified atom stereocenters. The Hall–Kier alpha value is -0.720. The van der Waals surface area contributed by atoms with Gasteiger partial charge in [-0.1, -0.05) is 34.8 Å². The van der Waals surface area contributed by atoms with Gasteiger partial charge >= 0.3 is 0 Å². The van der Waals surface area contributed by atoms with Crippen LogP contribution in [-0.4, -0.2) is 54.2 Å². The van der Waals surface area contributed by atoms with Crippen molar-refractivity contribution in [1.82, 2.24) is 10.2 Å². The highest BCUT2D eigenvalue weighted by Crippen LogP contribution is 2.32. The van der Waals surface area contributed by atoms with Gasteiger partial charge in [0.05, 0.1) is 20.3 Å². The maximum Gasteiger partial charge on any atom is 0.252 e. The van der Waals surface area contributed by atoms with Crippen molar-refractivity contribution < 1.29 is 14.3 Å². The molecule has 0 radical (unpaired) electrons. The van der Waals surface area contributed by atoms with Gasteiger partial charge in [0, 0.05) is 18.7 Å². The number of morpholine rings is 1. The van der Waals surface area contributed by atoms with E-state index in [9.17, 15) is 4.79 Å². The number of ether oxygens (including phenoxy) is 2. The second-order valence-electron chi connectivity index (χ2n) is 4.79. The first kappa shape index (κ1) is 17.6. The monoisotopic (exact) mass is 366 g/mol. The van der Waals surface area contributed by atoms with Crippen LogP contribution in [0.25, 0.3) is 0 Å². The number of nitrogens with zero attached hydrogens (tertiary/aromatic N) is 1. The van der Waals surface area contributed by atoms with Crippen LogP contribution >= 0.6 is 34.8 Å². The van der Waals surface area contributed by atoms with Gasteiger partial charge in [-0.05, 0) is 24.3 Å². The second-order valence-corrected chi connectivity index (χ2v) is 7.16. The number of carbonyl (C=O) groups is 1. The van der Waals surface area contributed by atoms with E-state index in [4.69, 9.17) is 44.3 Å². The number of methoxy groups -OCH3 is 1. The van der Waals surface area contributed by atoms with Gasteiger partial charge in [0.1, 0.15) is 11.9 Å². The summed E-state index contributed by atoms with van der Waals surface area (Å²) in [4.78, 5) is 14.2. The molecule has 2 rings (SSSR count). The molecule has 1 atom stereocenters. The smallest absolute Gasteiger partial charge is 0.252 e. The highest BCUT2D eigenvalue weighted by molar-refractivity contribution is 6.68. The number of amides is 1. The van der Waals surface area contributed by atoms with Crippen LogP contribution in [0.3, 0.4) is 0 Å². The average molecular weight is 368 g/mol. The first-order valence-corrected chi connectivity index (χ1v) is 7.88. The van der Waals surface area contributed by atoms with Gasteiger partial charge in [-0.2, -0.15) is 0 Å². The van der Waals surface area contributed by atoms with Gasteiger partial charge < -0.3 is 14.8 Å². The molecule has 0 saturated carbocycles. The fraction of sp³-hybridized carbons (Fsp3) is 0.500. The van der Waals surface area contributed by atoms with E-state index < -0.39 is 9.96 Å². The van der Waals surface area contributed by atoms with Crippen LogP contribution in [0.15, 0.2) is 24.3 Å². The van der Waals surface area contributed by atoms with Crippen molar-refractivity contribution in [2.45, 2.75) is 9.96 Å². The number of rotatable bonds is 4. The van der Waals surface area contributed by atoms with E-state index in [2.05, 4.69) is 5.32 Å². The number of nitrogens with one attached hydrogen (secondary N) is 1. The van der Waals surface area contributed by atoms with Crippen LogP contribution in [0, 0.1) is 0 Å². The molecular formula is C14H17Cl3N2O3. The van der Waals surface area contributed by atoms with E-state index in [1.54, 1.807) is 31.4 Å². The third-order valence-corrected chi connectivity index (χ3v) is 3.96. The van der Waals surface area contributed by atoms with Crippen molar-refractivity contribution in [2.24, 2.45) is 0 Å². The zero-order chi connectivity index (χ0) is 16.2. The number of alkyl halides is 3. The predicted octanol–water partition coefficient (Wildman–Crippen LogP) is 2.45. The molecule has 1 amide bonds. The minimum atomic E-state index is -1.64. The van der Waals surface area contributed by atoms with Gasteiger partial charge in [0.15, 0.2) is 0 Å². The van der Waals surface area contributed by atoms with Crippen molar-refractivity contribution in [3.63, 3.8) is 0 Å². The Bertz CT molecular complexity index is 499. The molecule has 1 aromatic rings. The summed E-state index contributed by atoms with van der Waals surface area (Å²) in [6.07, 6.45) is -0.726. The zero-order valence-electron chi connectivity index (χ0n) is 12.0. The normalized spacial score (nSPS) is 17.8. The largest absolute Gasteiger partial charge is 0.497 e. The summed E-state index contributed by atoms with van der Waals surface area (Å²) in [6, 6.07) is 6.72. The van der Waals surface area contributed by atoms with Crippen LogP contribution in [0.5, 0.6) is 5.75 Å². The summed E-state index contributed by atoms with van der Waals surface area (Å²) in [6.45, 7) is 2.24. The van der Waals surface area contributed by atoms with Crippen LogP contribution in [-0.2, 0) is 4.74 Å². The summed E-state index contributed by atoms with van der Waals surface area (Å²) in [5.74, 6) is 0.355. The van der Waals surface area contributed by atoms with Gasteiger partial charge in [-0.3, -0.25) is 9.69 Å². The molecule has 22 heavy (non-hydrogen) atoms. The number of halogens is 3. The minimum absolute atomic E-state index is 0.314. The third-order valence-electron chi connectivity index (χ3n) is 3.34. The molecule has 5 nitrogen and oxygen atoms in total. The molecule has 1 fully saturated rings. The van der Waals surface area contributed by atoms with Crippen molar-refractivity contribution in [2.75, 3.05) is 33.4 Å². The molecule has 1 aromatic carbocycles. The Labute approximate surface area is 144 Å². The Balaban J connectivity index is 2.09. The van der Waals surface area contributed by atoms with Crippen molar-refractivity contribution >= 4 is 40.7 Å². The molecule has 1 heterocycles. The molecule has 1 aliphatic rings. The van der Waals surface area contributed by atoms with E-state index in [1.807, 2.05) is 4.90 Å². The maximum absolute atomic E-state index is 12.4. The maximum atomic E-state index is 12.4. The fourth-order valence-electron chi connectivity index (χ4n) is 2.17. The summed E-state index contributed by atoms with van der Waals surface area (Å²) in [5.41, 5.74) is 0.466. The summed E-state index contributed by atoms with van der Waals surface area (Å²) in [7, 11) is 1.56. The van der Waals surface area contributed by atoms with E-state index >= 15 is 0 Å². The standard InChI is InChI=1S/C14H17Cl3N2O3/c1-21-11-4-2-10(3-5-11)12(20)18-13(14(15,16)17)19-6-8-22-9-7-19/h2-5,13H,6-9H2,1H3,(H,18,20)/t13-/m0/s1. The van der Waals surface area contributed by atoms with Crippen LogP contribution < -0.4 is 10.1 Å². The van der Waals surface area contributed by atoms with Gasteiger partial charge in [-0.15, -0.1) is 0 Å². The van der Waals surface area contributed by atoms with Crippen molar-refractivity contribution in [3.8, 4) is 5.75 Å². The molecule has 1 saturated heterocycles. The summed E-state index contributed by atoms with van der Waals surface area (Å²) >= 11 is 18.1. The van der Waals surface area contributed by atoms with E-state index in [0.29, 0.717) is 37.6 Å². The first-order chi connectivity index (χ1) is 10.4. The molecular weight excluding hydrogens is 351 g/mol. The SMILES string of the molecule is COc1ccc(C(=O)N[C@@H](N2CCOCC2)C(Cl)(Cl)Cl)cc1. The second kappa shape index (κ2) is 7.70. The number of carbonyl (C=O) groups excluding carboxylic acids is 1. The molecule has 0 aliphatic carbocycles. The summed E-state index contributed by atoms with van der Waals surface area (Å²) in [5, 5.41) is 2.78. The average Bonchev–Trinajstić information content (AvgIpc) is 2.52. The Morgan fingerprint density at radius 2 is 1.86 bits per heavy atom. The molecule has 1 aliphatic heterocycles. The lowest BCUT2D eigenvalue weighted by Gasteiger charge is -2.38. The lowest BCUT2D eigenvalue weighted by Crippen LogP contribution is -2.58. The van der Waals surface area contributed by atoms with Crippen molar-refractivity contribution in [1.29, 1.82) is 0 Å². The minimum Gasteiger partial charge on any atom is -0.497 e. The summed E-state index contributed by atoms with van der Waals surface area (Å²) < 4.78 is 8.70. The highest BCUT2D eigenvalue weighted by Gasteiger charge is 2.39.